The van der Waals surface area contributed by atoms with Gasteiger partial charge in [0, 0.05) is 43.0 Å². The molecule has 1 aliphatic rings. The summed E-state index contributed by atoms with van der Waals surface area (Å²) in [5, 5.41) is 1.03. The van der Waals surface area contributed by atoms with Crippen LogP contribution in [-0.2, 0) is 20.7 Å². The predicted octanol–water partition coefficient (Wildman–Crippen LogP) is 4.05. The molecular weight excluding hydrogens is 394 g/mol. The summed E-state index contributed by atoms with van der Waals surface area (Å²) >= 11 is 0. The van der Waals surface area contributed by atoms with E-state index in [1.165, 1.54) is 4.57 Å². The maximum atomic E-state index is 12.7. The average Bonchev–Trinajstić information content (AvgIpc) is 3.10. The van der Waals surface area contributed by atoms with Crippen LogP contribution in [0.5, 0.6) is 0 Å². The number of allylic oxidation sites excluding steroid dienone is 1. The Morgan fingerprint density at radius 2 is 1.97 bits per heavy atom. The molecule has 0 saturated carbocycles. The fraction of sp³-hybridized carbons (Fsp3) is 0.417. The van der Waals surface area contributed by atoms with Crippen molar-refractivity contribution in [2.45, 2.75) is 39.7 Å². The Kier molecular flexibility index (Phi) is 7.17. The number of rotatable bonds is 7. The zero-order valence-electron chi connectivity index (χ0n) is 18.9. The second kappa shape index (κ2) is 9.83. The largest absolute Gasteiger partial charge is 0.424 e. The van der Waals surface area contributed by atoms with Crippen LogP contribution in [0.2, 0.25) is 0 Å². The number of aryl methyl sites for hydroxylation is 1. The molecule has 31 heavy (non-hydrogen) atoms. The third kappa shape index (κ3) is 5.55. The molecule has 0 atom stereocenters. The van der Waals surface area contributed by atoms with E-state index in [0.717, 1.165) is 35.0 Å². The average molecular weight is 426 g/mol. The normalized spacial score (nSPS) is 13.8. The number of carbonyl (C=O) groups is 2. The van der Waals surface area contributed by atoms with E-state index in [0.29, 0.717) is 12.0 Å². The fourth-order valence-electron chi connectivity index (χ4n) is 3.44. The molecule has 2 heterocycles. The number of carbonyl (C=O) groups excluding carboxylic acids is 2. The SMILES string of the molecule is Cc1ccc2c(c1)c(CCN(C)C)cn2C(=O)OCOC(=O)C1=CN(C(C)C)C=CC1. The molecular formula is C24H31N3O4. The van der Waals surface area contributed by atoms with Crippen LogP contribution in [0.1, 0.15) is 31.4 Å². The summed E-state index contributed by atoms with van der Waals surface area (Å²) in [6.45, 7) is 6.54. The molecule has 7 heteroatoms. The first-order chi connectivity index (χ1) is 14.8. The second-order valence-electron chi connectivity index (χ2n) is 8.34. The van der Waals surface area contributed by atoms with Crippen molar-refractivity contribution in [3.63, 3.8) is 0 Å². The van der Waals surface area contributed by atoms with E-state index in [9.17, 15) is 9.59 Å². The first-order valence-electron chi connectivity index (χ1n) is 10.5. The van der Waals surface area contributed by atoms with Crippen molar-refractivity contribution in [1.29, 1.82) is 0 Å². The van der Waals surface area contributed by atoms with Gasteiger partial charge in [-0.25, -0.2) is 9.59 Å². The van der Waals surface area contributed by atoms with Crippen LogP contribution in [0, 0.1) is 6.92 Å². The number of hydrogen-bond donors (Lipinski definition) is 0. The van der Waals surface area contributed by atoms with E-state index in [-0.39, 0.29) is 6.04 Å². The van der Waals surface area contributed by atoms with Crippen molar-refractivity contribution in [2.75, 3.05) is 27.4 Å². The van der Waals surface area contributed by atoms with Crippen LogP contribution in [0.15, 0.2) is 48.4 Å². The van der Waals surface area contributed by atoms with Gasteiger partial charge in [0.25, 0.3) is 0 Å². The van der Waals surface area contributed by atoms with E-state index in [2.05, 4.69) is 11.0 Å². The number of ether oxygens (including phenoxy) is 2. The van der Waals surface area contributed by atoms with Gasteiger partial charge in [-0.3, -0.25) is 4.57 Å². The standard InChI is InChI=1S/C24H31N3O4/c1-17(2)26-11-6-7-20(14-26)23(28)30-16-31-24(29)27-15-19(10-12-25(4)5)21-13-18(3)8-9-22(21)27/h6,8-9,11,13-15,17H,7,10,12,16H2,1-5H3. The fourth-order valence-corrected chi connectivity index (χ4v) is 3.44. The molecule has 0 fully saturated rings. The second-order valence-corrected chi connectivity index (χ2v) is 8.34. The molecule has 1 aromatic carbocycles. The van der Waals surface area contributed by atoms with Gasteiger partial charge in [0.1, 0.15) is 0 Å². The van der Waals surface area contributed by atoms with Gasteiger partial charge in [0.2, 0.25) is 6.79 Å². The van der Waals surface area contributed by atoms with E-state index in [4.69, 9.17) is 9.47 Å². The lowest BCUT2D eigenvalue weighted by Gasteiger charge is -2.24. The zero-order valence-corrected chi connectivity index (χ0v) is 18.9. The van der Waals surface area contributed by atoms with Gasteiger partial charge >= 0.3 is 12.1 Å². The van der Waals surface area contributed by atoms with Crippen LogP contribution in [0.3, 0.4) is 0 Å². The van der Waals surface area contributed by atoms with Crippen LogP contribution < -0.4 is 0 Å². The molecule has 0 saturated heterocycles. The van der Waals surface area contributed by atoms with Crippen molar-refractivity contribution in [2.24, 2.45) is 0 Å². The maximum absolute atomic E-state index is 12.7. The molecule has 0 N–H and O–H groups in total. The Morgan fingerprint density at radius 3 is 2.68 bits per heavy atom. The molecule has 166 valence electrons. The number of likely N-dealkylation sites (N-methyl/N-ethyl adjacent to an activating group) is 1. The van der Waals surface area contributed by atoms with Gasteiger partial charge in [-0.05, 0) is 59.0 Å². The summed E-state index contributed by atoms with van der Waals surface area (Å²) in [5.74, 6) is -0.484. The lowest BCUT2D eigenvalue weighted by molar-refractivity contribution is -0.147. The van der Waals surface area contributed by atoms with E-state index in [1.54, 1.807) is 6.20 Å². The van der Waals surface area contributed by atoms with Crippen molar-refractivity contribution < 1.29 is 19.1 Å². The highest BCUT2D eigenvalue weighted by Crippen LogP contribution is 2.24. The summed E-state index contributed by atoms with van der Waals surface area (Å²) in [6, 6.07) is 6.19. The van der Waals surface area contributed by atoms with Crippen LogP contribution in [0.4, 0.5) is 4.79 Å². The zero-order chi connectivity index (χ0) is 22.5. The molecule has 2 aromatic rings. The highest BCUT2D eigenvalue weighted by molar-refractivity contribution is 5.92. The Hall–Kier alpha value is -3.06. The first-order valence-corrected chi connectivity index (χ1v) is 10.5. The van der Waals surface area contributed by atoms with Gasteiger partial charge in [-0.2, -0.15) is 0 Å². The number of fused-ring (bicyclic) bond motifs is 1. The summed E-state index contributed by atoms with van der Waals surface area (Å²) in [4.78, 5) is 29.1. The molecule has 0 spiro atoms. The molecule has 0 bridgehead atoms. The van der Waals surface area contributed by atoms with Crippen molar-refractivity contribution >= 4 is 23.0 Å². The third-order valence-electron chi connectivity index (χ3n) is 5.22. The molecule has 0 radical (unpaired) electrons. The van der Waals surface area contributed by atoms with Crippen LogP contribution in [-0.4, -0.2) is 59.9 Å². The summed E-state index contributed by atoms with van der Waals surface area (Å²) in [5.41, 5.74) is 3.52. The lowest BCUT2D eigenvalue weighted by atomic mass is 10.1. The molecule has 7 nitrogen and oxygen atoms in total. The summed E-state index contributed by atoms with van der Waals surface area (Å²) in [7, 11) is 4.04. The molecule has 0 unspecified atom stereocenters. The number of aromatic nitrogens is 1. The minimum absolute atomic E-state index is 0.240. The van der Waals surface area contributed by atoms with E-state index < -0.39 is 18.9 Å². The predicted molar refractivity (Wildman–Crippen MR) is 121 cm³/mol. The Labute approximate surface area is 183 Å². The van der Waals surface area contributed by atoms with Gasteiger partial charge in [0.05, 0.1) is 11.1 Å². The Bertz CT molecular complexity index is 1020. The number of nitrogens with zero attached hydrogens (tertiary/aromatic N) is 3. The minimum Gasteiger partial charge on any atom is -0.424 e. The van der Waals surface area contributed by atoms with E-state index >= 15 is 0 Å². The highest BCUT2D eigenvalue weighted by atomic mass is 16.7. The summed E-state index contributed by atoms with van der Waals surface area (Å²) in [6.07, 6.45) is 8.17. The van der Waals surface area contributed by atoms with Gasteiger partial charge in [-0.15, -0.1) is 0 Å². The number of esters is 1. The number of hydrogen-bond acceptors (Lipinski definition) is 6. The molecule has 0 aliphatic carbocycles. The highest BCUT2D eigenvalue weighted by Gasteiger charge is 2.18. The van der Waals surface area contributed by atoms with Gasteiger partial charge < -0.3 is 19.3 Å². The van der Waals surface area contributed by atoms with Gasteiger partial charge in [-0.1, -0.05) is 17.7 Å². The molecule has 0 amide bonds. The topological polar surface area (TPSA) is 64.0 Å². The van der Waals surface area contributed by atoms with Gasteiger partial charge in [0.15, 0.2) is 0 Å². The lowest BCUT2D eigenvalue weighted by Crippen LogP contribution is -2.24. The third-order valence-corrected chi connectivity index (χ3v) is 5.22. The minimum atomic E-state index is -0.570. The van der Waals surface area contributed by atoms with Crippen molar-refractivity contribution in [1.82, 2.24) is 14.4 Å². The molecule has 3 rings (SSSR count). The quantitative estimate of drug-likeness (QED) is 0.493. The smallest absolute Gasteiger partial charge is 0.421 e. The molecule has 1 aliphatic heterocycles. The monoisotopic (exact) mass is 425 g/mol. The maximum Gasteiger partial charge on any atom is 0.421 e. The molecule has 1 aromatic heterocycles. The number of benzene rings is 1. The van der Waals surface area contributed by atoms with E-state index in [1.807, 2.05) is 70.4 Å². The van der Waals surface area contributed by atoms with Crippen LogP contribution >= 0.6 is 0 Å². The van der Waals surface area contributed by atoms with Crippen LogP contribution in [0.25, 0.3) is 10.9 Å². The Morgan fingerprint density at radius 1 is 1.19 bits per heavy atom. The van der Waals surface area contributed by atoms with Crippen molar-refractivity contribution in [3.05, 3.63) is 59.6 Å². The summed E-state index contributed by atoms with van der Waals surface area (Å²) < 4.78 is 11.9. The first kappa shape index (κ1) is 22.6. The van der Waals surface area contributed by atoms with Crippen molar-refractivity contribution in [3.8, 4) is 0 Å². The Balaban J connectivity index is 1.66.